The Hall–Kier alpha value is -3.01. The van der Waals surface area contributed by atoms with Gasteiger partial charge in [0.05, 0.1) is 17.3 Å². The van der Waals surface area contributed by atoms with E-state index in [1.807, 2.05) is 0 Å². The molecule has 0 unspecified atom stereocenters. The molecule has 0 fully saturated rings. The molecule has 2 amide bonds. The number of para-hydroxylation sites is 1. The van der Waals surface area contributed by atoms with Crippen LogP contribution < -0.4 is 5.32 Å². The van der Waals surface area contributed by atoms with Crippen LogP contribution in [0.25, 0.3) is 0 Å². The van der Waals surface area contributed by atoms with Crippen molar-refractivity contribution in [3.05, 3.63) is 45.7 Å². The summed E-state index contributed by atoms with van der Waals surface area (Å²) in [5.41, 5.74) is 0.442. The van der Waals surface area contributed by atoms with Gasteiger partial charge in [-0.15, -0.1) is 0 Å². The molecule has 0 aliphatic rings. The molecule has 24 heavy (non-hydrogen) atoms. The lowest BCUT2D eigenvalue weighted by atomic mass is 10.3. The highest BCUT2D eigenvalue weighted by molar-refractivity contribution is 6.33. The molecule has 10 nitrogen and oxygen atoms in total. The van der Waals surface area contributed by atoms with Gasteiger partial charge >= 0.3 is 5.95 Å². The number of carbonyl (C=O) groups excluding carboxylic acids is 2. The van der Waals surface area contributed by atoms with Crippen LogP contribution in [0, 0.1) is 10.1 Å². The highest BCUT2D eigenvalue weighted by Crippen LogP contribution is 2.20. The number of likely N-dealkylation sites (N-methyl/N-ethyl adjacent to an activating group) is 1. The topological polar surface area (TPSA) is 123 Å². The summed E-state index contributed by atoms with van der Waals surface area (Å²) in [6.45, 7) is -0.475. The van der Waals surface area contributed by atoms with Crippen molar-refractivity contribution in [2.75, 3.05) is 18.9 Å². The van der Waals surface area contributed by atoms with Crippen molar-refractivity contribution in [3.63, 3.8) is 0 Å². The number of aromatic nitrogens is 3. The minimum absolute atomic E-state index is 0.207. The number of rotatable bonds is 6. The van der Waals surface area contributed by atoms with Crippen LogP contribution in [-0.4, -0.2) is 50.0 Å². The molecular formula is C13H13ClN6O4. The van der Waals surface area contributed by atoms with Gasteiger partial charge in [0.1, 0.15) is 6.54 Å². The van der Waals surface area contributed by atoms with Gasteiger partial charge in [-0.25, -0.2) is 0 Å². The summed E-state index contributed by atoms with van der Waals surface area (Å²) in [7, 11) is 1.43. The third-order valence-corrected chi connectivity index (χ3v) is 3.27. The predicted molar refractivity (Wildman–Crippen MR) is 84.4 cm³/mol. The molecule has 0 atom stereocenters. The first-order valence-corrected chi connectivity index (χ1v) is 7.07. The molecule has 11 heteroatoms. The van der Waals surface area contributed by atoms with Crippen LogP contribution >= 0.6 is 11.6 Å². The Morgan fingerprint density at radius 2 is 2.12 bits per heavy atom. The van der Waals surface area contributed by atoms with Crippen LogP contribution in [0.3, 0.4) is 0 Å². The lowest BCUT2D eigenvalue weighted by molar-refractivity contribution is -0.394. The summed E-state index contributed by atoms with van der Waals surface area (Å²) < 4.78 is 1.03. The lowest BCUT2D eigenvalue weighted by Gasteiger charge is -2.16. The Kier molecular flexibility index (Phi) is 5.42. The lowest BCUT2D eigenvalue weighted by Crippen LogP contribution is -2.37. The second-order valence-corrected chi connectivity index (χ2v) is 5.18. The molecule has 0 spiro atoms. The van der Waals surface area contributed by atoms with E-state index in [0.29, 0.717) is 10.7 Å². The maximum atomic E-state index is 12.0. The van der Waals surface area contributed by atoms with Gasteiger partial charge in [0.15, 0.2) is 0 Å². The van der Waals surface area contributed by atoms with Crippen molar-refractivity contribution in [2.45, 2.75) is 6.54 Å². The van der Waals surface area contributed by atoms with E-state index in [2.05, 4.69) is 15.4 Å². The zero-order valence-corrected chi connectivity index (χ0v) is 13.3. The molecule has 0 aliphatic heterocycles. The van der Waals surface area contributed by atoms with Crippen molar-refractivity contribution in [1.29, 1.82) is 0 Å². The van der Waals surface area contributed by atoms with Crippen LogP contribution in [0.1, 0.15) is 0 Å². The van der Waals surface area contributed by atoms with Gasteiger partial charge in [-0.1, -0.05) is 28.7 Å². The number of hydrogen-bond acceptors (Lipinski definition) is 6. The molecule has 2 rings (SSSR count). The molecule has 1 aromatic heterocycles. The average molecular weight is 353 g/mol. The Morgan fingerprint density at radius 3 is 2.75 bits per heavy atom. The second-order valence-electron chi connectivity index (χ2n) is 4.78. The molecule has 1 aromatic carbocycles. The monoisotopic (exact) mass is 352 g/mol. The molecule has 1 heterocycles. The van der Waals surface area contributed by atoms with E-state index in [1.54, 1.807) is 24.3 Å². The molecule has 0 aliphatic carbocycles. The molecule has 1 N–H and O–H groups in total. The highest BCUT2D eigenvalue weighted by atomic mass is 35.5. The fourth-order valence-electron chi connectivity index (χ4n) is 1.76. The van der Waals surface area contributed by atoms with Crippen LogP contribution in [0.5, 0.6) is 0 Å². The third kappa shape index (κ3) is 4.49. The fraction of sp³-hybridized carbons (Fsp3) is 0.231. The molecule has 126 valence electrons. The van der Waals surface area contributed by atoms with Gasteiger partial charge < -0.3 is 20.3 Å². The summed E-state index contributed by atoms with van der Waals surface area (Å²) in [5.74, 6) is -1.48. The van der Waals surface area contributed by atoms with Crippen LogP contribution in [0.2, 0.25) is 5.02 Å². The second kappa shape index (κ2) is 7.51. The smallest absolute Gasteiger partial charge is 0.390 e. The number of hydrogen-bond donors (Lipinski definition) is 1. The van der Waals surface area contributed by atoms with Crippen LogP contribution in [0.4, 0.5) is 11.6 Å². The number of nitro groups is 1. The maximum Gasteiger partial charge on any atom is 0.490 e. The minimum Gasteiger partial charge on any atom is -0.390 e. The van der Waals surface area contributed by atoms with Gasteiger partial charge in [-0.3, -0.25) is 9.59 Å². The summed E-state index contributed by atoms with van der Waals surface area (Å²) >= 11 is 5.93. The summed E-state index contributed by atoms with van der Waals surface area (Å²) in [6, 6.07) is 6.71. The van der Waals surface area contributed by atoms with E-state index in [1.165, 1.54) is 11.9 Å². The number of halogens is 1. The minimum atomic E-state index is -0.762. The first-order valence-electron chi connectivity index (χ1n) is 6.69. The Labute approximate surface area is 141 Å². The van der Waals surface area contributed by atoms with Crippen molar-refractivity contribution in [2.24, 2.45) is 0 Å². The van der Waals surface area contributed by atoms with Crippen LogP contribution in [0.15, 0.2) is 30.6 Å². The number of anilines is 1. The molecule has 2 aromatic rings. The van der Waals surface area contributed by atoms with Gasteiger partial charge in [0, 0.05) is 12.1 Å². The standard InChI is InChI=1S/C13H13ClN6O4/c1-18(6-11(21)16-10-5-3-2-4-9(10)14)12(22)7-19-8-15-13(17-19)20(23)24/h2-5,8H,6-7H2,1H3,(H,16,21). The van der Waals surface area contributed by atoms with E-state index in [9.17, 15) is 19.7 Å². The number of carbonyl (C=O) groups is 2. The van der Waals surface area contributed by atoms with Gasteiger partial charge in [0.25, 0.3) is 0 Å². The van der Waals surface area contributed by atoms with Gasteiger partial charge in [-0.2, -0.15) is 4.68 Å². The molecule has 0 bridgehead atoms. The maximum absolute atomic E-state index is 12.0. The molecule has 0 saturated carbocycles. The summed E-state index contributed by atoms with van der Waals surface area (Å²) in [5, 5.41) is 17.0. The number of benzene rings is 1. The number of amides is 2. The SMILES string of the molecule is CN(CC(=O)Nc1ccccc1Cl)C(=O)Cn1cnc([N+](=O)[O-])n1. The Bertz CT molecular complexity index is 777. The van der Waals surface area contributed by atoms with E-state index in [4.69, 9.17) is 11.6 Å². The molecule has 0 radical (unpaired) electrons. The zero-order chi connectivity index (χ0) is 17.7. The Morgan fingerprint density at radius 1 is 1.42 bits per heavy atom. The van der Waals surface area contributed by atoms with E-state index < -0.39 is 22.7 Å². The largest absolute Gasteiger partial charge is 0.490 e. The first kappa shape index (κ1) is 17.3. The van der Waals surface area contributed by atoms with E-state index in [-0.39, 0.29) is 13.1 Å². The predicted octanol–water partition coefficient (Wildman–Crippen LogP) is 0.937. The average Bonchev–Trinajstić information content (AvgIpc) is 2.98. The van der Waals surface area contributed by atoms with Gasteiger partial charge in [-0.05, 0) is 17.1 Å². The third-order valence-electron chi connectivity index (χ3n) is 2.94. The normalized spacial score (nSPS) is 10.2. The van der Waals surface area contributed by atoms with Crippen molar-refractivity contribution in [3.8, 4) is 0 Å². The highest BCUT2D eigenvalue weighted by Gasteiger charge is 2.19. The number of nitrogens with zero attached hydrogens (tertiary/aromatic N) is 5. The van der Waals surface area contributed by atoms with E-state index >= 15 is 0 Å². The summed E-state index contributed by atoms with van der Waals surface area (Å²) in [4.78, 5) is 38.3. The molecule has 0 saturated heterocycles. The quantitative estimate of drug-likeness (QED) is 0.609. The zero-order valence-electron chi connectivity index (χ0n) is 12.5. The fourth-order valence-corrected chi connectivity index (χ4v) is 1.94. The van der Waals surface area contributed by atoms with Crippen molar-refractivity contribution < 1.29 is 14.5 Å². The van der Waals surface area contributed by atoms with Crippen molar-refractivity contribution in [1.82, 2.24) is 19.7 Å². The summed E-state index contributed by atoms with van der Waals surface area (Å²) in [6.07, 6.45) is 1.08. The van der Waals surface area contributed by atoms with Crippen LogP contribution in [-0.2, 0) is 16.1 Å². The van der Waals surface area contributed by atoms with Crippen molar-refractivity contribution >= 4 is 35.1 Å². The number of nitrogens with one attached hydrogen (secondary N) is 1. The Balaban J connectivity index is 1.89. The van der Waals surface area contributed by atoms with Gasteiger partial charge in [0.2, 0.25) is 18.1 Å². The molecular weight excluding hydrogens is 340 g/mol. The first-order chi connectivity index (χ1) is 11.4. The van der Waals surface area contributed by atoms with E-state index in [0.717, 1.165) is 11.0 Å².